The van der Waals surface area contributed by atoms with E-state index in [1.165, 1.54) is 77.7 Å². The summed E-state index contributed by atoms with van der Waals surface area (Å²) in [5.74, 6) is 0. The number of nitrogens with zero attached hydrogens (tertiary/aromatic N) is 2. The summed E-state index contributed by atoms with van der Waals surface area (Å²) in [5.41, 5.74) is 22.8. The molecule has 0 spiro atoms. The average molecular weight is 771 g/mol. The number of rotatable bonds is 5. The van der Waals surface area contributed by atoms with Crippen molar-refractivity contribution in [3.05, 3.63) is 203 Å². The topological polar surface area (TPSA) is 25.2 Å². The van der Waals surface area contributed by atoms with Crippen LogP contribution in [-0.2, 0) is 10.8 Å². The van der Waals surface area contributed by atoms with Gasteiger partial charge in [-0.15, -0.1) is 0 Å². The maximum absolute atomic E-state index is 5.56. The Morgan fingerprint density at radius 2 is 0.933 bits per heavy atom. The molecule has 0 bridgehead atoms. The first kappa shape index (κ1) is 36.2. The minimum atomic E-state index is -0.117. The van der Waals surface area contributed by atoms with Crippen LogP contribution in [0.4, 0.5) is 5.69 Å². The van der Waals surface area contributed by atoms with Gasteiger partial charge in [-0.25, -0.2) is 4.98 Å². The van der Waals surface area contributed by atoms with Crippen LogP contribution < -0.4 is 0 Å². The summed E-state index contributed by atoms with van der Waals surface area (Å²) in [6.07, 6.45) is 0. The lowest BCUT2D eigenvalue weighted by Gasteiger charge is -2.23. The van der Waals surface area contributed by atoms with Gasteiger partial charge >= 0.3 is 0 Å². The molecule has 0 saturated carbocycles. The summed E-state index contributed by atoms with van der Waals surface area (Å²) >= 11 is 0. The van der Waals surface area contributed by atoms with Crippen LogP contribution in [0.2, 0.25) is 0 Å². The predicted molar refractivity (Wildman–Crippen MR) is 254 cm³/mol. The van der Waals surface area contributed by atoms with Gasteiger partial charge in [0.2, 0.25) is 0 Å². The second kappa shape index (κ2) is 13.3. The lowest BCUT2D eigenvalue weighted by Crippen LogP contribution is -2.15. The molecule has 0 unspecified atom stereocenters. The molecule has 0 saturated heterocycles. The van der Waals surface area contributed by atoms with Gasteiger partial charge < -0.3 is 0 Å². The van der Waals surface area contributed by atoms with E-state index in [4.69, 9.17) is 9.98 Å². The van der Waals surface area contributed by atoms with Crippen molar-refractivity contribution in [3.8, 4) is 55.8 Å². The minimum absolute atomic E-state index is 0.0918. The lowest BCUT2D eigenvalue weighted by molar-refractivity contribution is 0.660. The number of hydrogen-bond acceptors (Lipinski definition) is 2. The summed E-state index contributed by atoms with van der Waals surface area (Å²) in [5, 5.41) is 3.52. The molecular formula is C58H46N2. The van der Waals surface area contributed by atoms with Gasteiger partial charge in [0.15, 0.2) is 0 Å². The van der Waals surface area contributed by atoms with Crippen molar-refractivity contribution in [2.24, 2.45) is 4.99 Å². The molecule has 0 fully saturated rings. The van der Waals surface area contributed by atoms with Crippen LogP contribution in [0.15, 0.2) is 175 Å². The van der Waals surface area contributed by atoms with Crippen LogP contribution in [0, 0.1) is 6.92 Å². The van der Waals surface area contributed by atoms with Crippen LogP contribution in [0.3, 0.4) is 0 Å². The third-order valence-corrected chi connectivity index (χ3v) is 13.6. The van der Waals surface area contributed by atoms with Crippen molar-refractivity contribution < 1.29 is 0 Å². The Hall–Kier alpha value is -6.90. The van der Waals surface area contributed by atoms with E-state index in [0.717, 1.165) is 44.5 Å². The van der Waals surface area contributed by atoms with Crippen molar-refractivity contribution in [2.75, 3.05) is 0 Å². The van der Waals surface area contributed by atoms with E-state index in [1.807, 2.05) is 6.07 Å². The highest BCUT2D eigenvalue weighted by molar-refractivity contribution is 6.16. The fourth-order valence-corrected chi connectivity index (χ4v) is 10.2. The standard InChI is InChI=1S/C58H46N2/c1-35-15-7-14-22-54(35)59-36(2)37-23-25-38(26-24-37)55-34-48(40-28-30-45-43-18-11-13-21-51(43)58(5,6)53(45)32-40)49-33-47(41-16-8-9-19-46(41)56(49)60-55)39-27-29-44-42-17-10-12-20-50(42)57(3,4)52(44)31-39/h7-34H,1-6H3/b59-36+. The molecule has 2 nitrogen and oxygen atoms in total. The van der Waals surface area contributed by atoms with E-state index in [1.54, 1.807) is 0 Å². The summed E-state index contributed by atoms with van der Waals surface area (Å²) in [4.78, 5) is 10.5. The molecule has 288 valence electrons. The van der Waals surface area contributed by atoms with Gasteiger partial charge in [0, 0.05) is 32.9 Å². The van der Waals surface area contributed by atoms with Gasteiger partial charge in [0.25, 0.3) is 0 Å². The zero-order valence-corrected chi connectivity index (χ0v) is 35.1. The van der Waals surface area contributed by atoms with Gasteiger partial charge in [-0.05, 0) is 127 Å². The summed E-state index contributed by atoms with van der Waals surface area (Å²) in [6.45, 7) is 13.7. The Labute approximate surface area is 353 Å². The maximum Gasteiger partial charge on any atom is 0.0794 e. The molecule has 8 aromatic carbocycles. The highest BCUT2D eigenvalue weighted by Gasteiger charge is 2.37. The van der Waals surface area contributed by atoms with Crippen molar-refractivity contribution in [1.29, 1.82) is 0 Å². The van der Waals surface area contributed by atoms with Crippen molar-refractivity contribution in [3.63, 3.8) is 0 Å². The fourth-order valence-electron chi connectivity index (χ4n) is 10.2. The summed E-state index contributed by atoms with van der Waals surface area (Å²) < 4.78 is 0. The first-order chi connectivity index (χ1) is 29.1. The molecule has 11 rings (SSSR count). The molecule has 0 N–H and O–H groups in total. The normalized spacial score (nSPS) is 14.5. The van der Waals surface area contributed by atoms with Gasteiger partial charge in [-0.3, -0.25) is 4.99 Å². The number of para-hydroxylation sites is 1. The number of hydrogen-bond donors (Lipinski definition) is 0. The molecule has 60 heavy (non-hydrogen) atoms. The van der Waals surface area contributed by atoms with Crippen LogP contribution in [0.1, 0.15) is 68.0 Å². The summed E-state index contributed by atoms with van der Waals surface area (Å²) in [6, 6.07) is 62.7. The first-order valence-electron chi connectivity index (χ1n) is 21.2. The van der Waals surface area contributed by atoms with Crippen LogP contribution in [0.5, 0.6) is 0 Å². The van der Waals surface area contributed by atoms with Gasteiger partial charge in [-0.2, -0.15) is 0 Å². The SMILES string of the molecule is C/C(=N\c1ccccc1C)c1ccc(-c2cc(-c3ccc4c(c3)C(C)(C)c3ccccc3-4)c3cc(-c4ccc5c(c4)C(C)(C)c4ccccc4-5)c4ccccc4c3n2)cc1. The van der Waals surface area contributed by atoms with E-state index in [-0.39, 0.29) is 10.8 Å². The number of aliphatic imine (C=N–C) groups is 1. The minimum Gasteiger partial charge on any atom is -0.253 e. The Balaban J connectivity index is 1.12. The number of pyridine rings is 1. The number of fused-ring (bicyclic) bond motifs is 9. The van der Waals surface area contributed by atoms with E-state index in [0.29, 0.717) is 0 Å². The third kappa shape index (κ3) is 5.47. The van der Waals surface area contributed by atoms with Crippen LogP contribution in [-0.4, -0.2) is 10.7 Å². The third-order valence-electron chi connectivity index (χ3n) is 13.6. The van der Waals surface area contributed by atoms with Crippen LogP contribution >= 0.6 is 0 Å². The van der Waals surface area contributed by atoms with Gasteiger partial charge in [0.1, 0.15) is 0 Å². The van der Waals surface area contributed by atoms with Gasteiger partial charge in [-0.1, -0.05) is 167 Å². The molecule has 0 amide bonds. The lowest BCUT2D eigenvalue weighted by atomic mass is 9.81. The Morgan fingerprint density at radius 3 is 1.55 bits per heavy atom. The number of aryl methyl sites for hydroxylation is 1. The highest BCUT2D eigenvalue weighted by Crippen LogP contribution is 2.52. The van der Waals surface area contributed by atoms with E-state index < -0.39 is 0 Å². The molecule has 2 aliphatic rings. The van der Waals surface area contributed by atoms with E-state index >= 15 is 0 Å². The molecule has 9 aromatic rings. The summed E-state index contributed by atoms with van der Waals surface area (Å²) in [7, 11) is 0. The molecule has 1 heterocycles. The van der Waals surface area contributed by atoms with Crippen molar-refractivity contribution in [2.45, 2.75) is 52.4 Å². The Bertz CT molecular complexity index is 3270. The molecule has 0 atom stereocenters. The largest absolute Gasteiger partial charge is 0.253 e. The van der Waals surface area contributed by atoms with Crippen molar-refractivity contribution >= 4 is 33.1 Å². The quantitative estimate of drug-likeness (QED) is 0.126. The zero-order chi connectivity index (χ0) is 40.9. The highest BCUT2D eigenvalue weighted by atomic mass is 14.7. The number of aromatic nitrogens is 1. The smallest absolute Gasteiger partial charge is 0.0794 e. The molecule has 2 heteroatoms. The molecule has 0 radical (unpaired) electrons. The maximum atomic E-state index is 5.56. The van der Waals surface area contributed by atoms with Crippen LogP contribution in [0.25, 0.3) is 77.4 Å². The zero-order valence-electron chi connectivity index (χ0n) is 35.1. The monoisotopic (exact) mass is 770 g/mol. The molecule has 0 aliphatic heterocycles. The number of benzene rings is 8. The molecule has 1 aromatic heterocycles. The Morgan fingerprint density at radius 1 is 0.433 bits per heavy atom. The molecular weight excluding hydrogens is 725 g/mol. The van der Waals surface area contributed by atoms with Crippen molar-refractivity contribution in [1.82, 2.24) is 4.98 Å². The fraction of sp³-hybridized carbons (Fsp3) is 0.138. The first-order valence-corrected chi connectivity index (χ1v) is 21.2. The average Bonchev–Trinajstić information content (AvgIpc) is 3.65. The molecule has 2 aliphatic carbocycles. The predicted octanol–water partition coefficient (Wildman–Crippen LogP) is 15.5. The van der Waals surface area contributed by atoms with E-state index in [9.17, 15) is 0 Å². The second-order valence-electron chi connectivity index (χ2n) is 17.8. The van der Waals surface area contributed by atoms with Gasteiger partial charge in [0.05, 0.1) is 16.9 Å². The van der Waals surface area contributed by atoms with E-state index in [2.05, 4.69) is 205 Å². The second-order valence-corrected chi connectivity index (χ2v) is 17.8. The Kier molecular flexibility index (Phi) is 8.03.